The van der Waals surface area contributed by atoms with Crippen LogP contribution >= 0.6 is 0 Å². The van der Waals surface area contributed by atoms with Crippen LogP contribution in [-0.2, 0) is 0 Å². The minimum atomic E-state index is -1.49. The number of furan rings is 1. The summed E-state index contributed by atoms with van der Waals surface area (Å²) in [7, 11) is -1.49. The Balaban J connectivity index is 1.92. The first-order valence-corrected chi connectivity index (χ1v) is 8.52. The van der Waals surface area contributed by atoms with Crippen LogP contribution in [0.25, 0.3) is 43.8 Å². The molecule has 0 aliphatic heterocycles. The zero-order valence-electron chi connectivity index (χ0n) is 13.9. The fourth-order valence-corrected chi connectivity index (χ4v) is 3.65. The van der Waals surface area contributed by atoms with E-state index in [1.165, 1.54) is 0 Å². The van der Waals surface area contributed by atoms with Gasteiger partial charge in [0.05, 0.1) is 0 Å². The summed E-state index contributed by atoms with van der Waals surface area (Å²) < 4.78 is 6.14. The van der Waals surface area contributed by atoms with Crippen molar-refractivity contribution in [2.24, 2.45) is 0 Å². The van der Waals surface area contributed by atoms with Crippen molar-refractivity contribution in [2.75, 3.05) is 0 Å². The second-order valence-electron chi connectivity index (χ2n) is 6.44. The molecule has 5 rings (SSSR count). The van der Waals surface area contributed by atoms with Crippen molar-refractivity contribution in [3.05, 3.63) is 78.9 Å². The summed E-state index contributed by atoms with van der Waals surface area (Å²) in [5, 5.41) is 23.3. The lowest BCUT2D eigenvalue weighted by Gasteiger charge is -2.10. The topological polar surface area (TPSA) is 53.6 Å². The highest BCUT2D eigenvalue weighted by molar-refractivity contribution is 6.58. The monoisotopic (exact) mass is 338 g/mol. The number of fused-ring (bicyclic) bond motifs is 5. The van der Waals surface area contributed by atoms with Crippen molar-refractivity contribution in [1.29, 1.82) is 0 Å². The van der Waals surface area contributed by atoms with Crippen molar-refractivity contribution >= 4 is 45.3 Å². The molecule has 0 saturated heterocycles. The van der Waals surface area contributed by atoms with Crippen LogP contribution in [0.1, 0.15) is 0 Å². The normalized spacial score (nSPS) is 11.5. The van der Waals surface area contributed by atoms with Gasteiger partial charge in [0, 0.05) is 16.2 Å². The fourth-order valence-electron chi connectivity index (χ4n) is 3.65. The SMILES string of the molecule is OB(O)c1cccc(-c2cc3c4ccccc4oc3c3ccccc23)c1. The van der Waals surface area contributed by atoms with Crippen molar-refractivity contribution < 1.29 is 14.5 Å². The second kappa shape index (κ2) is 5.73. The van der Waals surface area contributed by atoms with E-state index in [9.17, 15) is 10.0 Å². The number of rotatable bonds is 2. The van der Waals surface area contributed by atoms with Gasteiger partial charge in [-0.3, -0.25) is 0 Å². The zero-order chi connectivity index (χ0) is 17.7. The van der Waals surface area contributed by atoms with Gasteiger partial charge in [-0.25, -0.2) is 0 Å². The summed E-state index contributed by atoms with van der Waals surface area (Å²) in [6, 6.07) is 25.7. The lowest BCUT2D eigenvalue weighted by Crippen LogP contribution is -2.29. The summed E-state index contributed by atoms with van der Waals surface area (Å²) >= 11 is 0. The first-order valence-electron chi connectivity index (χ1n) is 8.52. The first kappa shape index (κ1) is 15.2. The summed E-state index contributed by atoms with van der Waals surface area (Å²) in [6.07, 6.45) is 0. The number of benzene rings is 4. The molecule has 4 aromatic carbocycles. The van der Waals surface area contributed by atoms with Gasteiger partial charge in [-0.05, 0) is 34.1 Å². The molecule has 0 spiro atoms. The Morgan fingerprint density at radius 1 is 0.654 bits per heavy atom. The molecule has 0 fully saturated rings. The van der Waals surface area contributed by atoms with Crippen molar-refractivity contribution in [3.63, 3.8) is 0 Å². The lowest BCUT2D eigenvalue weighted by atomic mass is 9.79. The van der Waals surface area contributed by atoms with Gasteiger partial charge < -0.3 is 14.5 Å². The fraction of sp³-hybridized carbons (Fsp3) is 0. The minimum Gasteiger partial charge on any atom is -0.455 e. The van der Waals surface area contributed by atoms with Gasteiger partial charge in [-0.15, -0.1) is 0 Å². The largest absolute Gasteiger partial charge is 0.488 e. The van der Waals surface area contributed by atoms with Crippen molar-refractivity contribution in [3.8, 4) is 11.1 Å². The Kier molecular flexibility index (Phi) is 3.35. The first-order chi connectivity index (χ1) is 12.7. The minimum absolute atomic E-state index is 0.476. The van der Waals surface area contributed by atoms with Crippen LogP contribution in [0.4, 0.5) is 0 Å². The molecule has 0 amide bonds. The maximum atomic E-state index is 9.53. The van der Waals surface area contributed by atoms with Crippen molar-refractivity contribution in [2.45, 2.75) is 0 Å². The third-order valence-corrected chi connectivity index (χ3v) is 4.88. The Hall–Kier alpha value is -3.08. The number of hydrogen-bond acceptors (Lipinski definition) is 3. The molecule has 1 heterocycles. The van der Waals surface area contributed by atoms with Gasteiger partial charge in [0.15, 0.2) is 0 Å². The summed E-state index contributed by atoms with van der Waals surface area (Å²) in [5.74, 6) is 0. The second-order valence-corrected chi connectivity index (χ2v) is 6.44. The van der Waals surface area contributed by atoms with Crippen LogP contribution in [0.3, 0.4) is 0 Å². The van der Waals surface area contributed by atoms with E-state index in [0.717, 1.165) is 43.8 Å². The standard InChI is InChI=1S/C22H15BO3/c24-23(25)15-7-5-6-14(12-15)19-13-20-17-9-3-4-11-21(17)26-22(20)18-10-2-1-8-16(18)19/h1-13,24-25H. The van der Waals surface area contributed by atoms with Crippen LogP contribution in [0, 0.1) is 0 Å². The van der Waals surface area contributed by atoms with Gasteiger partial charge in [0.25, 0.3) is 0 Å². The Bertz CT molecular complexity index is 1270. The maximum Gasteiger partial charge on any atom is 0.488 e. The average Bonchev–Trinajstić information content (AvgIpc) is 3.06. The van der Waals surface area contributed by atoms with Crippen LogP contribution in [-0.4, -0.2) is 17.2 Å². The van der Waals surface area contributed by atoms with Crippen LogP contribution in [0.15, 0.2) is 83.3 Å². The molecule has 0 radical (unpaired) electrons. The van der Waals surface area contributed by atoms with Gasteiger partial charge in [0.2, 0.25) is 0 Å². The third-order valence-electron chi connectivity index (χ3n) is 4.88. The molecule has 26 heavy (non-hydrogen) atoms. The molecule has 3 nitrogen and oxygen atoms in total. The van der Waals surface area contributed by atoms with Crippen LogP contribution in [0.5, 0.6) is 0 Å². The smallest absolute Gasteiger partial charge is 0.455 e. The van der Waals surface area contributed by atoms with E-state index in [-0.39, 0.29) is 0 Å². The molecular weight excluding hydrogens is 323 g/mol. The van der Waals surface area contributed by atoms with E-state index < -0.39 is 7.12 Å². The lowest BCUT2D eigenvalue weighted by molar-refractivity contribution is 0.426. The molecule has 0 bridgehead atoms. The van der Waals surface area contributed by atoms with Crippen LogP contribution in [0.2, 0.25) is 0 Å². The third kappa shape index (κ3) is 2.24. The van der Waals surface area contributed by atoms with E-state index in [4.69, 9.17) is 4.42 Å². The molecule has 0 unspecified atom stereocenters. The van der Waals surface area contributed by atoms with E-state index in [0.29, 0.717) is 5.46 Å². The summed E-state index contributed by atoms with van der Waals surface area (Å²) in [6.45, 7) is 0. The summed E-state index contributed by atoms with van der Waals surface area (Å²) in [4.78, 5) is 0. The molecule has 4 heteroatoms. The van der Waals surface area contributed by atoms with E-state index in [1.807, 2.05) is 48.5 Å². The number of hydrogen-bond donors (Lipinski definition) is 2. The molecular formula is C22H15BO3. The Morgan fingerprint density at radius 2 is 1.38 bits per heavy atom. The predicted octanol–water partition coefficient (Wildman–Crippen LogP) is 4.09. The van der Waals surface area contributed by atoms with Crippen LogP contribution < -0.4 is 5.46 Å². The van der Waals surface area contributed by atoms with Gasteiger partial charge in [-0.1, -0.05) is 66.7 Å². The molecule has 5 aromatic rings. The van der Waals surface area contributed by atoms with E-state index in [1.54, 1.807) is 6.07 Å². The molecule has 2 N–H and O–H groups in total. The molecule has 1 aromatic heterocycles. The molecule has 0 aliphatic rings. The Morgan fingerprint density at radius 3 is 2.19 bits per heavy atom. The quantitative estimate of drug-likeness (QED) is 0.477. The average molecular weight is 338 g/mol. The highest BCUT2D eigenvalue weighted by Crippen LogP contribution is 2.39. The molecule has 0 saturated carbocycles. The van der Waals surface area contributed by atoms with Gasteiger partial charge in [-0.2, -0.15) is 0 Å². The summed E-state index contributed by atoms with van der Waals surface area (Å²) in [5.41, 5.74) is 4.21. The van der Waals surface area contributed by atoms with Gasteiger partial charge in [0.1, 0.15) is 11.2 Å². The van der Waals surface area contributed by atoms with E-state index >= 15 is 0 Å². The van der Waals surface area contributed by atoms with Gasteiger partial charge >= 0.3 is 7.12 Å². The molecule has 124 valence electrons. The van der Waals surface area contributed by atoms with E-state index in [2.05, 4.69) is 24.3 Å². The highest BCUT2D eigenvalue weighted by Gasteiger charge is 2.16. The predicted molar refractivity (Wildman–Crippen MR) is 106 cm³/mol. The molecule has 0 aliphatic carbocycles. The number of para-hydroxylation sites is 1. The Labute approximate surface area is 150 Å². The maximum absolute atomic E-state index is 9.53. The highest BCUT2D eigenvalue weighted by atomic mass is 16.4. The van der Waals surface area contributed by atoms with Crippen molar-refractivity contribution in [1.82, 2.24) is 0 Å². The zero-order valence-corrected chi connectivity index (χ0v) is 13.9. The molecule has 0 atom stereocenters.